The number of nitrogens with zero attached hydrogens (tertiary/aromatic N) is 2. The SMILES string of the molecule is CC[C@@H](C(=O)NC(C)C)N(Cc1ccccc1C)C(=O)CN(c1ccccc1)S(=O)(=O)c1ccc(F)cc1. The predicted octanol–water partition coefficient (Wildman–Crippen LogP) is 4.66. The lowest BCUT2D eigenvalue weighted by Crippen LogP contribution is -2.53. The van der Waals surface area contributed by atoms with Crippen molar-refractivity contribution in [3.05, 3.63) is 95.8 Å². The lowest BCUT2D eigenvalue weighted by molar-refractivity contribution is -0.140. The van der Waals surface area contributed by atoms with E-state index in [4.69, 9.17) is 0 Å². The van der Waals surface area contributed by atoms with Gasteiger partial charge < -0.3 is 10.2 Å². The van der Waals surface area contributed by atoms with E-state index in [1.807, 2.05) is 52.0 Å². The topological polar surface area (TPSA) is 86.8 Å². The fourth-order valence-corrected chi connectivity index (χ4v) is 5.54. The maximum absolute atomic E-state index is 13.9. The third kappa shape index (κ3) is 6.98. The van der Waals surface area contributed by atoms with Gasteiger partial charge in [0.15, 0.2) is 0 Å². The fraction of sp³-hybridized carbons (Fsp3) is 0.310. The largest absolute Gasteiger partial charge is 0.352 e. The zero-order valence-electron chi connectivity index (χ0n) is 22.1. The molecule has 202 valence electrons. The first-order valence-corrected chi connectivity index (χ1v) is 14.0. The Kier molecular flexibility index (Phi) is 9.63. The van der Waals surface area contributed by atoms with E-state index in [-0.39, 0.29) is 29.1 Å². The van der Waals surface area contributed by atoms with E-state index in [1.54, 1.807) is 30.3 Å². The van der Waals surface area contributed by atoms with Crippen LogP contribution in [0, 0.1) is 12.7 Å². The van der Waals surface area contributed by atoms with E-state index in [0.29, 0.717) is 6.42 Å². The third-order valence-corrected chi connectivity index (χ3v) is 7.93. The van der Waals surface area contributed by atoms with Crippen LogP contribution in [-0.4, -0.2) is 43.8 Å². The molecule has 0 aliphatic heterocycles. The fourth-order valence-electron chi connectivity index (χ4n) is 4.13. The lowest BCUT2D eigenvalue weighted by atomic mass is 10.1. The second-order valence-corrected chi connectivity index (χ2v) is 11.2. The maximum Gasteiger partial charge on any atom is 0.264 e. The van der Waals surface area contributed by atoms with Gasteiger partial charge in [0.25, 0.3) is 10.0 Å². The Morgan fingerprint density at radius 1 is 0.921 bits per heavy atom. The Bertz CT molecular complexity index is 1350. The van der Waals surface area contributed by atoms with Crippen LogP contribution >= 0.6 is 0 Å². The van der Waals surface area contributed by atoms with E-state index in [9.17, 15) is 22.4 Å². The summed E-state index contributed by atoms with van der Waals surface area (Å²) < 4.78 is 41.9. The van der Waals surface area contributed by atoms with Gasteiger partial charge in [0.1, 0.15) is 18.4 Å². The quantitative estimate of drug-likeness (QED) is 0.384. The predicted molar refractivity (Wildman–Crippen MR) is 146 cm³/mol. The molecule has 1 N–H and O–H groups in total. The molecule has 7 nitrogen and oxygen atoms in total. The van der Waals surface area contributed by atoms with E-state index >= 15 is 0 Å². The minimum absolute atomic E-state index is 0.133. The smallest absolute Gasteiger partial charge is 0.264 e. The van der Waals surface area contributed by atoms with Crippen molar-refractivity contribution >= 4 is 27.5 Å². The highest BCUT2D eigenvalue weighted by atomic mass is 32.2. The van der Waals surface area contributed by atoms with Crippen LogP contribution in [0.15, 0.2) is 83.8 Å². The molecule has 0 spiro atoms. The Balaban J connectivity index is 2.05. The summed E-state index contributed by atoms with van der Waals surface area (Å²) in [5.41, 5.74) is 2.08. The van der Waals surface area contributed by atoms with Crippen molar-refractivity contribution in [1.29, 1.82) is 0 Å². The van der Waals surface area contributed by atoms with Crippen molar-refractivity contribution < 1.29 is 22.4 Å². The molecule has 3 aromatic rings. The van der Waals surface area contributed by atoms with Gasteiger partial charge in [-0.2, -0.15) is 0 Å². The average molecular weight is 540 g/mol. The summed E-state index contributed by atoms with van der Waals surface area (Å²) in [6.45, 7) is 7.00. The van der Waals surface area contributed by atoms with Crippen LogP contribution < -0.4 is 9.62 Å². The first kappa shape index (κ1) is 28.8. The number of sulfonamides is 1. The summed E-state index contributed by atoms with van der Waals surface area (Å²) in [5, 5.41) is 2.88. The number of benzene rings is 3. The number of nitrogens with one attached hydrogen (secondary N) is 1. The minimum atomic E-state index is -4.23. The summed E-state index contributed by atoms with van der Waals surface area (Å²) in [5.74, 6) is -1.41. The second-order valence-electron chi connectivity index (χ2n) is 9.34. The summed E-state index contributed by atoms with van der Waals surface area (Å²) in [4.78, 5) is 28.4. The molecule has 0 aliphatic carbocycles. The molecule has 0 saturated carbocycles. The Hall–Kier alpha value is -3.72. The number of hydrogen-bond acceptors (Lipinski definition) is 4. The van der Waals surface area contributed by atoms with Gasteiger partial charge in [0.05, 0.1) is 10.6 Å². The third-order valence-electron chi connectivity index (χ3n) is 6.14. The van der Waals surface area contributed by atoms with Gasteiger partial charge in [-0.25, -0.2) is 12.8 Å². The number of amides is 2. The highest BCUT2D eigenvalue weighted by Crippen LogP contribution is 2.25. The molecule has 9 heteroatoms. The number of carbonyl (C=O) groups excluding carboxylic acids is 2. The highest BCUT2D eigenvalue weighted by Gasteiger charge is 2.34. The lowest BCUT2D eigenvalue weighted by Gasteiger charge is -2.34. The van der Waals surface area contributed by atoms with E-state index in [1.165, 1.54) is 17.0 Å². The zero-order valence-corrected chi connectivity index (χ0v) is 22.9. The first-order chi connectivity index (χ1) is 18.0. The number of aryl methyl sites for hydroxylation is 1. The standard InChI is InChI=1S/C29H34FN3O4S/c1-5-27(29(35)31-21(2)3)32(19-23-12-10-9-11-22(23)4)28(34)20-33(25-13-7-6-8-14-25)38(36,37)26-17-15-24(30)16-18-26/h6-18,21,27H,5,19-20H2,1-4H3,(H,31,35)/t27-/m0/s1. The van der Waals surface area contributed by atoms with Crippen LogP contribution in [0.3, 0.4) is 0 Å². The van der Waals surface area contributed by atoms with E-state index in [0.717, 1.165) is 27.6 Å². The van der Waals surface area contributed by atoms with Crippen molar-refractivity contribution in [2.24, 2.45) is 0 Å². The normalized spacial score (nSPS) is 12.2. The van der Waals surface area contributed by atoms with Gasteiger partial charge in [-0.3, -0.25) is 13.9 Å². The van der Waals surface area contributed by atoms with Crippen LogP contribution in [0.5, 0.6) is 0 Å². The van der Waals surface area contributed by atoms with Crippen LogP contribution in [0.1, 0.15) is 38.3 Å². The van der Waals surface area contributed by atoms with Gasteiger partial charge in [0.2, 0.25) is 11.8 Å². The Labute approximate surface area is 224 Å². The molecule has 0 unspecified atom stereocenters. The number of anilines is 1. The number of halogens is 1. The van der Waals surface area contributed by atoms with Crippen molar-refractivity contribution in [2.75, 3.05) is 10.8 Å². The summed E-state index contributed by atoms with van der Waals surface area (Å²) in [7, 11) is -4.23. The monoisotopic (exact) mass is 539 g/mol. The molecule has 3 aromatic carbocycles. The van der Waals surface area contributed by atoms with Crippen molar-refractivity contribution in [1.82, 2.24) is 10.2 Å². The summed E-state index contributed by atoms with van der Waals surface area (Å²) in [6.07, 6.45) is 0.340. The minimum Gasteiger partial charge on any atom is -0.352 e. The average Bonchev–Trinajstić information content (AvgIpc) is 2.88. The van der Waals surface area contributed by atoms with Crippen LogP contribution in [0.2, 0.25) is 0 Å². The van der Waals surface area contributed by atoms with Crippen LogP contribution in [-0.2, 0) is 26.2 Å². The number of hydrogen-bond donors (Lipinski definition) is 1. The summed E-state index contributed by atoms with van der Waals surface area (Å²) in [6, 6.07) is 19.3. The zero-order chi connectivity index (χ0) is 27.9. The van der Waals surface area contributed by atoms with Crippen LogP contribution in [0.25, 0.3) is 0 Å². The van der Waals surface area contributed by atoms with Crippen LogP contribution in [0.4, 0.5) is 10.1 Å². The molecule has 0 heterocycles. The summed E-state index contributed by atoms with van der Waals surface area (Å²) >= 11 is 0. The number of para-hydroxylation sites is 1. The molecule has 0 fully saturated rings. The highest BCUT2D eigenvalue weighted by molar-refractivity contribution is 7.92. The Morgan fingerprint density at radius 3 is 2.11 bits per heavy atom. The molecule has 38 heavy (non-hydrogen) atoms. The van der Waals surface area contributed by atoms with Gasteiger partial charge in [-0.1, -0.05) is 49.4 Å². The molecule has 1 atom stereocenters. The molecule has 0 bridgehead atoms. The van der Waals surface area contributed by atoms with Gasteiger partial charge in [-0.05, 0) is 74.7 Å². The molecule has 0 saturated heterocycles. The van der Waals surface area contributed by atoms with E-state index in [2.05, 4.69) is 5.32 Å². The molecular formula is C29H34FN3O4S. The van der Waals surface area contributed by atoms with Crippen molar-refractivity contribution in [3.63, 3.8) is 0 Å². The van der Waals surface area contributed by atoms with Gasteiger partial charge in [0, 0.05) is 12.6 Å². The maximum atomic E-state index is 13.9. The molecular weight excluding hydrogens is 505 g/mol. The molecule has 0 aromatic heterocycles. The van der Waals surface area contributed by atoms with Gasteiger partial charge in [-0.15, -0.1) is 0 Å². The molecule has 0 radical (unpaired) electrons. The van der Waals surface area contributed by atoms with E-state index < -0.39 is 34.3 Å². The van der Waals surface area contributed by atoms with Gasteiger partial charge >= 0.3 is 0 Å². The molecule has 3 rings (SSSR count). The van der Waals surface area contributed by atoms with Crippen molar-refractivity contribution in [3.8, 4) is 0 Å². The number of carbonyl (C=O) groups is 2. The number of rotatable bonds is 11. The van der Waals surface area contributed by atoms with Crippen molar-refractivity contribution in [2.45, 2.75) is 57.6 Å². The Morgan fingerprint density at radius 2 is 1.53 bits per heavy atom. The molecule has 0 aliphatic rings. The second kappa shape index (κ2) is 12.7. The first-order valence-electron chi connectivity index (χ1n) is 12.5. The molecule has 2 amide bonds.